The summed E-state index contributed by atoms with van der Waals surface area (Å²) in [6.45, 7) is 4.03. The van der Waals surface area contributed by atoms with Crippen LogP contribution in [0.4, 0.5) is 5.69 Å². The van der Waals surface area contributed by atoms with Gasteiger partial charge in [0, 0.05) is 10.2 Å². The number of nitrogens with zero attached hydrogens (tertiary/aromatic N) is 1. The van der Waals surface area contributed by atoms with Crippen molar-refractivity contribution in [2.24, 2.45) is 5.41 Å². The standard InChI is InChI=1S/C17H16BrNO/c1-17(2)15(12-7-4-3-5-8-12)19(16(17)20)14-10-6-9-13(18)11-14/h3-11,15H,1-2H3. The second kappa shape index (κ2) is 4.74. The van der Waals surface area contributed by atoms with E-state index < -0.39 is 0 Å². The molecule has 0 N–H and O–H groups in total. The van der Waals surface area contributed by atoms with Crippen molar-refractivity contribution in [3.63, 3.8) is 0 Å². The molecule has 2 aromatic carbocycles. The fourth-order valence-electron chi connectivity index (χ4n) is 2.89. The fourth-order valence-corrected chi connectivity index (χ4v) is 3.28. The lowest BCUT2D eigenvalue weighted by molar-refractivity contribution is -0.137. The second-order valence-electron chi connectivity index (χ2n) is 5.69. The molecule has 3 rings (SSSR count). The summed E-state index contributed by atoms with van der Waals surface area (Å²) < 4.78 is 0.985. The van der Waals surface area contributed by atoms with E-state index >= 15 is 0 Å². The van der Waals surface area contributed by atoms with E-state index in [9.17, 15) is 4.79 Å². The molecular formula is C17H16BrNO. The predicted octanol–water partition coefficient (Wildman–Crippen LogP) is 4.56. The summed E-state index contributed by atoms with van der Waals surface area (Å²) in [5.41, 5.74) is 1.76. The third-order valence-electron chi connectivity index (χ3n) is 3.91. The second-order valence-corrected chi connectivity index (χ2v) is 6.61. The molecular weight excluding hydrogens is 314 g/mol. The van der Waals surface area contributed by atoms with Gasteiger partial charge in [0.25, 0.3) is 0 Å². The Morgan fingerprint density at radius 3 is 2.40 bits per heavy atom. The maximum Gasteiger partial charge on any atom is 0.235 e. The molecule has 0 aliphatic carbocycles. The first-order valence-corrected chi connectivity index (χ1v) is 7.45. The van der Waals surface area contributed by atoms with Crippen molar-refractivity contribution in [2.75, 3.05) is 4.90 Å². The van der Waals surface area contributed by atoms with Gasteiger partial charge in [-0.25, -0.2) is 0 Å². The highest BCUT2D eigenvalue weighted by Gasteiger charge is 2.55. The molecule has 1 unspecified atom stereocenters. The Balaban J connectivity index is 2.04. The molecule has 1 heterocycles. The van der Waals surface area contributed by atoms with E-state index in [1.165, 1.54) is 5.56 Å². The normalized spacial score (nSPS) is 20.6. The molecule has 1 aliphatic heterocycles. The highest BCUT2D eigenvalue weighted by atomic mass is 79.9. The number of halogens is 1. The highest BCUT2D eigenvalue weighted by Crippen LogP contribution is 2.51. The first kappa shape index (κ1) is 13.4. The average molecular weight is 330 g/mol. The quantitative estimate of drug-likeness (QED) is 0.739. The lowest BCUT2D eigenvalue weighted by Crippen LogP contribution is -2.61. The summed E-state index contributed by atoms with van der Waals surface area (Å²) in [5.74, 6) is 0.171. The van der Waals surface area contributed by atoms with Crippen LogP contribution in [0.15, 0.2) is 59.1 Å². The summed E-state index contributed by atoms with van der Waals surface area (Å²) in [5, 5.41) is 0. The summed E-state index contributed by atoms with van der Waals surface area (Å²) >= 11 is 3.47. The molecule has 1 fully saturated rings. The number of rotatable bonds is 2. The number of benzene rings is 2. The van der Waals surface area contributed by atoms with Crippen molar-refractivity contribution < 1.29 is 4.79 Å². The van der Waals surface area contributed by atoms with Gasteiger partial charge in [0.15, 0.2) is 0 Å². The van der Waals surface area contributed by atoms with E-state index in [2.05, 4.69) is 28.1 Å². The molecule has 2 nitrogen and oxygen atoms in total. The van der Waals surface area contributed by atoms with Crippen molar-refractivity contribution >= 4 is 27.5 Å². The molecule has 2 aromatic rings. The monoisotopic (exact) mass is 329 g/mol. The van der Waals surface area contributed by atoms with Gasteiger partial charge in [-0.3, -0.25) is 4.79 Å². The van der Waals surface area contributed by atoms with Crippen LogP contribution in [0.5, 0.6) is 0 Å². The molecule has 3 heteroatoms. The SMILES string of the molecule is CC1(C)C(=O)N(c2cccc(Br)c2)C1c1ccccc1. The summed E-state index contributed by atoms with van der Waals surface area (Å²) in [4.78, 5) is 14.4. The molecule has 0 radical (unpaired) electrons. The van der Waals surface area contributed by atoms with Gasteiger partial charge in [-0.15, -0.1) is 0 Å². The maximum absolute atomic E-state index is 12.5. The van der Waals surface area contributed by atoms with Gasteiger partial charge in [-0.2, -0.15) is 0 Å². The van der Waals surface area contributed by atoms with Crippen molar-refractivity contribution in [2.45, 2.75) is 19.9 Å². The van der Waals surface area contributed by atoms with Gasteiger partial charge in [-0.05, 0) is 37.6 Å². The highest BCUT2D eigenvalue weighted by molar-refractivity contribution is 9.10. The lowest BCUT2D eigenvalue weighted by atomic mass is 9.70. The molecule has 0 bridgehead atoms. The van der Waals surface area contributed by atoms with Crippen LogP contribution in [0.3, 0.4) is 0 Å². The minimum Gasteiger partial charge on any atom is -0.303 e. The molecule has 0 saturated carbocycles. The van der Waals surface area contributed by atoms with Crippen molar-refractivity contribution in [1.29, 1.82) is 0 Å². The van der Waals surface area contributed by atoms with Crippen LogP contribution in [0.25, 0.3) is 0 Å². The molecule has 1 aliphatic rings. The van der Waals surface area contributed by atoms with E-state index in [4.69, 9.17) is 0 Å². The first-order chi connectivity index (χ1) is 9.51. The first-order valence-electron chi connectivity index (χ1n) is 6.66. The Kier molecular flexibility index (Phi) is 3.17. The maximum atomic E-state index is 12.5. The third kappa shape index (κ3) is 1.97. The van der Waals surface area contributed by atoms with Crippen LogP contribution < -0.4 is 4.90 Å². The van der Waals surface area contributed by atoms with Crippen molar-refractivity contribution in [3.05, 3.63) is 64.6 Å². The predicted molar refractivity (Wildman–Crippen MR) is 84.6 cm³/mol. The molecule has 1 atom stereocenters. The average Bonchev–Trinajstić information content (AvgIpc) is 2.44. The molecule has 0 spiro atoms. The smallest absolute Gasteiger partial charge is 0.235 e. The largest absolute Gasteiger partial charge is 0.303 e. The van der Waals surface area contributed by atoms with Crippen LogP contribution in [0.1, 0.15) is 25.5 Å². The Hall–Kier alpha value is -1.61. The number of anilines is 1. The van der Waals surface area contributed by atoms with E-state index in [1.807, 2.05) is 61.2 Å². The Labute approximate surface area is 127 Å². The van der Waals surface area contributed by atoms with E-state index in [1.54, 1.807) is 0 Å². The van der Waals surface area contributed by atoms with Crippen LogP contribution >= 0.6 is 15.9 Å². The minimum atomic E-state index is -0.357. The Morgan fingerprint density at radius 1 is 1.05 bits per heavy atom. The number of carbonyl (C=O) groups is 1. The molecule has 1 saturated heterocycles. The summed E-state index contributed by atoms with van der Waals surface area (Å²) in [6.07, 6.45) is 0. The van der Waals surface area contributed by atoms with Gasteiger partial charge < -0.3 is 4.90 Å². The van der Waals surface area contributed by atoms with Gasteiger partial charge in [0.1, 0.15) is 0 Å². The zero-order valence-electron chi connectivity index (χ0n) is 11.5. The molecule has 20 heavy (non-hydrogen) atoms. The van der Waals surface area contributed by atoms with E-state index in [-0.39, 0.29) is 17.4 Å². The van der Waals surface area contributed by atoms with Gasteiger partial charge in [-0.1, -0.05) is 52.3 Å². The summed E-state index contributed by atoms with van der Waals surface area (Å²) in [6, 6.07) is 18.2. The molecule has 102 valence electrons. The van der Waals surface area contributed by atoms with Crippen LogP contribution in [-0.4, -0.2) is 5.91 Å². The van der Waals surface area contributed by atoms with E-state index in [0.29, 0.717) is 0 Å². The van der Waals surface area contributed by atoms with Crippen molar-refractivity contribution in [1.82, 2.24) is 0 Å². The van der Waals surface area contributed by atoms with Gasteiger partial charge in [0.2, 0.25) is 5.91 Å². The Morgan fingerprint density at radius 2 is 1.75 bits per heavy atom. The molecule has 1 amide bonds. The number of β-lactam (4-membered cyclic amide) rings is 1. The van der Waals surface area contributed by atoms with Crippen molar-refractivity contribution in [3.8, 4) is 0 Å². The molecule has 0 aromatic heterocycles. The van der Waals surface area contributed by atoms with E-state index in [0.717, 1.165) is 10.2 Å². The third-order valence-corrected chi connectivity index (χ3v) is 4.41. The zero-order chi connectivity index (χ0) is 14.3. The summed E-state index contributed by atoms with van der Waals surface area (Å²) in [7, 11) is 0. The number of carbonyl (C=O) groups excluding carboxylic acids is 1. The van der Waals surface area contributed by atoms with Gasteiger partial charge >= 0.3 is 0 Å². The lowest BCUT2D eigenvalue weighted by Gasteiger charge is -2.53. The minimum absolute atomic E-state index is 0.0884. The number of amides is 1. The number of hydrogen-bond acceptors (Lipinski definition) is 1. The Bertz CT molecular complexity index is 651. The van der Waals surface area contributed by atoms with Crippen LogP contribution in [0, 0.1) is 5.41 Å². The zero-order valence-corrected chi connectivity index (χ0v) is 13.1. The van der Waals surface area contributed by atoms with Crippen LogP contribution in [-0.2, 0) is 4.79 Å². The number of hydrogen-bond donors (Lipinski definition) is 0. The fraction of sp³-hybridized carbons (Fsp3) is 0.235. The van der Waals surface area contributed by atoms with Crippen LogP contribution in [0.2, 0.25) is 0 Å². The topological polar surface area (TPSA) is 20.3 Å². The van der Waals surface area contributed by atoms with Gasteiger partial charge in [0.05, 0.1) is 11.5 Å².